The standard InChI is InChI=1S/C20H25NO4/c1-15-6-4-5-7-17(15)25-13-12-21-20(22)11-9-16-8-10-18(23-2)19(14-16)24-3/h4-8,10,14H,9,11-13H2,1-3H3,(H,21,22). The molecule has 1 amide bonds. The van der Waals surface area contributed by atoms with Crippen molar-refractivity contribution in [3.05, 3.63) is 53.6 Å². The average Bonchev–Trinajstić information content (AvgIpc) is 2.64. The van der Waals surface area contributed by atoms with Crippen LogP contribution in [-0.4, -0.2) is 33.3 Å². The number of hydrogen-bond donors (Lipinski definition) is 1. The summed E-state index contributed by atoms with van der Waals surface area (Å²) in [7, 11) is 3.20. The third-order valence-corrected chi connectivity index (χ3v) is 3.86. The van der Waals surface area contributed by atoms with Gasteiger partial charge in [-0.15, -0.1) is 0 Å². The molecular weight excluding hydrogens is 318 g/mol. The minimum Gasteiger partial charge on any atom is -0.493 e. The van der Waals surface area contributed by atoms with Gasteiger partial charge in [-0.25, -0.2) is 0 Å². The van der Waals surface area contributed by atoms with Gasteiger partial charge < -0.3 is 19.5 Å². The summed E-state index contributed by atoms with van der Waals surface area (Å²) in [5.41, 5.74) is 2.12. The first-order chi connectivity index (χ1) is 12.1. The van der Waals surface area contributed by atoms with Gasteiger partial charge >= 0.3 is 0 Å². The number of carbonyl (C=O) groups excluding carboxylic acids is 1. The number of ether oxygens (including phenoxy) is 3. The molecule has 0 aliphatic carbocycles. The summed E-state index contributed by atoms with van der Waals surface area (Å²) in [5, 5.41) is 2.87. The third-order valence-electron chi connectivity index (χ3n) is 3.86. The summed E-state index contributed by atoms with van der Waals surface area (Å²) in [5.74, 6) is 2.21. The summed E-state index contributed by atoms with van der Waals surface area (Å²) < 4.78 is 16.1. The first-order valence-electron chi connectivity index (χ1n) is 8.30. The maximum Gasteiger partial charge on any atom is 0.220 e. The molecule has 0 saturated heterocycles. The van der Waals surface area contributed by atoms with Gasteiger partial charge in [0.05, 0.1) is 20.8 Å². The van der Waals surface area contributed by atoms with Gasteiger partial charge in [-0.3, -0.25) is 4.79 Å². The molecule has 2 aromatic rings. The highest BCUT2D eigenvalue weighted by molar-refractivity contribution is 5.76. The number of methoxy groups -OCH3 is 2. The number of carbonyl (C=O) groups is 1. The van der Waals surface area contributed by atoms with E-state index in [1.807, 2.05) is 49.4 Å². The van der Waals surface area contributed by atoms with E-state index in [1.54, 1.807) is 14.2 Å². The molecule has 0 aromatic heterocycles. The molecule has 0 aliphatic rings. The predicted molar refractivity (Wildman–Crippen MR) is 97.6 cm³/mol. The molecule has 0 bridgehead atoms. The molecule has 134 valence electrons. The van der Waals surface area contributed by atoms with E-state index in [9.17, 15) is 4.79 Å². The van der Waals surface area contributed by atoms with Crippen LogP contribution in [0.15, 0.2) is 42.5 Å². The van der Waals surface area contributed by atoms with Crippen LogP contribution in [0.4, 0.5) is 0 Å². The number of nitrogens with one attached hydrogen (secondary N) is 1. The van der Waals surface area contributed by atoms with Crippen molar-refractivity contribution in [3.8, 4) is 17.2 Å². The van der Waals surface area contributed by atoms with Crippen LogP contribution in [-0.2, 0) is 11.2 Å². The van der Waals surface area contributed by atoms with Gasteiger partial charge in [0.25, 0.3) is 0 Å². The average molecular weight is 343 g/mol. The third kappa shape index (κ3) is 5.71. The summed E-state index contributed by atoms with van der Waals surface area (Å²) in [6, 6.07) is 13.5. The van der Waals surface area contributed by atoms with E-state index in [2.05, 4.69) is 5.32 Å². The summed E-state index contributed by atoms with van der Waals surface area (Å²) >= 11 is 0. The Bertz CT molecular complexity index is 700. The van der Waals surface area contributed by atoms with Crippen molar-refractivity contribution in [1.82, 2.24) is 5.32 Å². The van der Waals surface area contributed by atoms with E-state index < -0.39 is 0 Å². The molecule has 0 unspecified atom stereocenters. The first-order valence-corrected chi connectivity index (χ1v) is 8.30. The van der Waals surface area contributed by atoms with Crippen LogP contribution in [0.2, 0.25) is 0 Å². The first kappa shape index (κ1) is 18.6. The highest BCUT2D eigenvalue weighted by Crippen LogP contribution is 2.27. The van der Waals surface area contributed by atoms with Crippen LogP contribution in [0.3, 0.4) is 0 Å². The van der Waals surface area contributed by atoms with Crippen LogP contribution in [0.25, 0.3) is 0 Å². The Kier molecular flexibility index (Phi) is 7.14. The minimum absolute atomic E-state index is 0.00293. The van der Waals surface area contributed by atoms with Gasteiger partial charge in [0.15, 0.2) is 11.5 Å². The zero-order chi connectivity index (χ0) is 18.1. The van der Waals surface area contributed by atoms with Gasteiger partial charge in [0.1, 0.15) is 12.4 Å². The Labute approximate surface area is 148 Å². The number of hydrogen-bond acceptors (Lipinski definition) is 4. The Balaban J connectivity index is 1.71. The summed E-state index contributed by atoms with van der Waals surface area (Å²) in [4.78, 5) is 11.9. The van der Waals surface area contributed by atoms with Crippen LogP contribution in [0.5, 0.6) is 17.2 Å². The van der Waals surface area contributed by atoms with Crippen LogP contribution in [0.1, 0.15) is 17.5 Å². The molecule has 25 heavy (non-hydrogen) atoms. The lowest BCUT2D eigenvalue weighted by molar-refractivity contribution is -0.121. The SMILES string of the molecule is COc1ccc(CCC(=O)NCCOc2ccccc2C)cc1OC. The van der Waals surface area contributed by atoms with Crippen molar-refractivity contribution in [3.63, 3.8) is 0 Å². The lowest BCUT2D eigenvalue weighted by Crippen LogP contribution is -2.28. The Morgan fingerprint density at radius 1 is 1.00 bits per heavy atom. The van der Waals surface area contributed by atoms with E-state index >= 15 is 0 Å². The highest BCUT2D eigenvalue weighted by atomic mass is 16.5. The van der Waals surface area contributed by atoms with Crippen molar-refractivity contribution >= 4 is 5.91 Å². The number of benzene rings is 2. The van der Waals surface area contributed by atoms with Gasteiger partial charge in [-0.1, -0.05) is 24.3 Å². The maximum atomic E-state index is 11.9. The van der Waals surface area contributed by atoms with E-state index in [-0.39, 0.29) is 5.91 Å². The van der Waals surface area contributed by atoms with Crippen molar-refractivity contribution in [2.75, 3.05) is 27.4 Å². The van der Waals surface area contributed by atoms with Crippen molar-refractivity contribution in [1.29, 1.82) is 0 Å². The molecule has 1 N–H and O–H groups in total. The number of para-hydroxylation sites is 1. The van der Waals surface area contributed by atoms with Crippen molar-refractivity contribution in [2.24, 2.45) is 0 Å². The van der Waals surface area contributed by atoms with Crippen LogP contribution in [0, 0.1) is 6.92 Å². The Morgan fingerprint density at radius 2 is 1.76 bits per heavy atom. The summed E-state index contributed by atoms with van der Waals surface area (Å²) in [6.07, 6.45) is 1.06. The largest absolute Gasteiger partial charge is 0.493 e. The molecule has 0 radical (unpaired) electrons. The molecular formula is C20H25NO4. The number of aryl methyl sites for hydroxylation is 2. The Morgan fingerprint density at radius 3 is 2.48 bits per heavy atom. The molecule has 0 spiro atoms. The maximum absolute atomic E-state index is 11.9. The van der Waals surface area contributed by atoms with Gasteiger partial charge in [0, 0.05) is 6.42 Å². The molecule has 0 heterocycles. The molecule has 2 rings (SSSR count). The molecule has 0 aliphatic heterocycles. The number of amides is 1. The minimum atomic E-state index is 0.00293. The highest BCUT2D eigenvalue weighted by Gasteiger charge is 2.07. The molecule has 5 nitrogen and oxygen atoms in total. The van der Waals surface area contributed by atoms with Gasteiger partial charge in [-0.05, 0) is 42.7 Å². The zero-order valence-corrected chi connectivity index (χ0v) is 15.0. The van der Waals surface area contributed by atoms with Crippen LogP contribution < -0.4 is 19.5 Å². The fraction of sp³-hybridized carbons (Fsp3) is 0.350. The summed E-state index contributed by atoms with van der Waals surface area (Å²) in [6.45, 7) is 2.93. The molecule has 5 heteroatoms. The molecule has 2 aromatic carbocycles. The number of rotatable bonds is 9. The smallest absolute Gasteiger partial charge is 0.220 e. The van der Waals surface area contributed by atoms with E-state index in [0.717, 1.165) is 16.9 Å². The van der Waals surface area contributed by atoms with E-state index in [0.29, 0.717) is 37.5 Å². The monoisotopic (exact) mass is 343 g/mol. The normalized spacial score (nSPS) is 10.2. The second kappa shape index (κ2) is 9.57. The fourth-order valence-electron chi connectivity index (χ4n) is 2.45. The fourth-order valence-corrected chi connectivity index (χ4v) is 2.45. The van der Waals surface area contributed by atoms with E-state index in [1.165, 1.54) is 0 Å². The molecule has 0 fully saturated rings. The van der Waals surface area contributed by atoms with E-state index in [4.69, 9.17) is 14.2 Å². The predicted octanol–water partition coefficient (Wildman–Crippen LogP) is 3.14. The second-order valence-electron chi connectivity index (χ2n) is 5.65. The second-order valence-corrected chi connectivity index (χ2v) is 5.65. The molecule has 0 atom stereocenters. The van der Waals surface area contributed by atoms with Crippen molar-refractivity contribution < 1.29 is 19.0 Å². The van der Waals surface area contributed by atoms with Gasteiger partial charge in [-0.2, -0.15) is 0 Å². The van der Waals surface area contributed by atoms with Crippen molar-refractivity contribution in [2.45, 2.75) is 19.8 Å². The lowest BCUT2D eigenvalue weighted by Gasteiger charge is -2.11. The topological polar surface area (TPSA) is 56.8 Å². The Hall–Kier alpha value is -2.69. The van der Waals surface area contributed by atoms with Gasteiger partial charge in [0.2, 0.25) is 5.91 Å². The quantitative estimate of drug-likeness (QED) is 0.711. The molecule has 0 saturated carbocycles. The van der Waals surface area contributed by atoms with Crippen LogP contribution >= 0.6 is 0 Å². The lowest BCUT2D eigenvalue weighted by atomic mass is 10.1. The zero-order valence-electron chi connectivity index (χ0n) is 15.0.